The lowest BCUT2D eigenvalue weighted by Gasteiger charge is -2.02. The average Bonchev–Trinajstić information content (AvgIpc) is 1.85. The quantitative estimate of drug-likeness (QED) is 0.560. The number of rotatable bonds is 4. The Hall–Kier alpha value is -0.620. The minimum Gasteiger partial charge on any atom is -0.242 e. The molecule has 0 saturated heterocycles. The lowest BCUT2D eigenvalue weighted by Crippen LogP contribution is -1.97. The predicted octanol–water partition coefficient (Wildman–Crippen LogP) is 2.18. The van der Waals surface area contributed by atoms with Crippen LogP contribution in [0.1, 0.15) is 26.7 Å². The highest BCUT2D eigenvalue weighted by Gasteiger charge is 1.96. The van der Waals surface area contributed by atoms with E-state index in [0.717, 1.165) is 6.54 Å². The molecule has 0 aromatic heterocycles. The molecule has 9 heavy (non-hydrogen) atoms. The van der Waals surface area contributed by atoms with Crippen LogP contribution >= 0.6 is 0 Å². The van der Waals surface area contributed by atoms with Gasteiger partial charge in [-0.1, -0.05) is 20.3 Å². The van der Waals surface area contributed by atoms with Crippen LogP contribution in [-0.2, 0) is 0 Å². The molecule has 0 saturated carbocycles. The van der Waals surface area contributed by atoms with Gasteiger partial charge < -0.3 is 0 Å². The molecule has 0 aromatic rings. The number of nitrogens with zero attached hydrogens (tertiary/aromatic N) is 1. The van der Waals surface area contributed by atoms with Crippen LogP contribution in [0.25, 0.3) is 0 Å². The molecule has 0 spiro atoms. The number of hydrogen-bond donors (Lipinski definition) is 1. The van der Waals surface area contributed by atoms with Crippen LogP contribution in [-0.4, -0.2) is 12.6 Å². The smallest absolute Gasteiger partial charge is 0.0862 e. The Morgan fingerprint density at radius 2 is 2.33 bits per heavy atom. The summed E-state index contributed by atoms with van der Waals surface area (Å²) in [4.78, 5) is 3.71. The van der Waals surface area contributed by atoms with Crippen molar-refractivity contribution in [2.75, 3.05) is 6.54 Å². The van der Waals surface area contributed by atoms with Gasteiger partial charge in [-0.25, -0.2) is 10.4 Å². The maximum Gasteiger partial charge on any atom is 0.0862 e. The molecule has 0 aliphatic heterocycles. The molecular formula is C7H14N2. The van der Waals surface area contributed by atoms with E-state index in [1.165, 1.54) is 12.8 Å². The summed E-state index contributed by atoms with van der Waals surface area (Å²) in [6.07, 6.45) is 2.40. The van der Waals surface area contributed by atoms with Crippen molar-refractivity contribution in [3.63, 3.8) is 0 Å². The van der Waals surface area contributed by atoms with Gasteiger partial charge in [0.15, 0.2) is 0 Å². The summed E-state index contributed by atoms with van der Waals surface area (Å²) >= 11 is 0. The van der Waals surface area contributed by atoms with Gasteiger partial charge in [0.2, 0.25) is 0 Å². The first kappa shape index (κ1) is 8.38. The summed E-state index contributed by atoms with van der Waals surface area (Å²) in [5.74, 6) is 0.618. The summed E-state index contributed by atoms with van der Waals surface area (Å²) in [6, 6.07) is 2.03. The molecule has 0 fully saturated rings. The fourth-order valence-corrected chi connectivity index (χ4v) is 0.786. The molecule has 0 aromatic carbocycles. The first-order valence-electron chi connectivity index (χ1n) is 3.39. The summed E-state index contributed by atoms with van der Waals surface area (Å²) in [5.41, 5.74) is 0. The third kappa shape index (κ3) is 5.25. The maximum atomic E-state index is 6.51. The van der Waals surface area contributed by atoms with Gasteiger partial charge >= 0.3 is 0 Å². The molecule has 1 N–H and O–H groups in total. The molecule has 52 valence electrons. The van der Waals surface area contributed by atoms with E-state index in [1.54, 1.807) is 0 Å². The second-order valence-corrected chi connectivity index (χ2v) is 2.35. The summed E-state index contributed by atoms with van der Waals surface area (Å²) < 4.78 is 0. The molecular weight excluding hydrogens is 112 g/mol. The van der Waals surface area contributed by atoms with Crippen molar-refractivity contribution in [1.29, 1.82) is 5.41 Å². The lowest BCUT2D eigenvalue weighted by molar-refractivity contribution is 0.538. The van der Waals surface area contributed by atoms with Gasteiger partial charge in [0.05, 0.1) is 12.6 Å². The Balaban J connectivity index is 3.25. The van der Waals surface area contributed by atoms with Gasteiger partial charge in [-0.05, 0) is 12.3 Å². The van der Waals surface area contributed by atoms with Gasteiger partial charge in [-0.3, -0.25) is 0 Å². The Morgan fingerprint density at radius 1 is 1.67 bits per heavy atom. The van der Waals surface area contributed by atoms with Crippen molar-refractivity contribution in [3.05, 3.63) is 0 Å². The van der Waals surface area contributed by atoms with Crippen molar-refractivity contribution in [1.82, 2.24) is 0 Å². The normalized spacial score (nSPS) is 12.2. The first-order chi connectivity index (χ1) is 4.31. The van der Waals surface area contributed by atoms with E-state index in [0.29, 0.717) is 5.92 Å². The molecule has 0 aliphatic rings. The summed E-state index contributed by atoms with van der Waals surface area (Å²) in [6.45, 7) is 5.06. The van der Waals surface area contributed by atoms with E-state index in [2.05, 4.69) is 18.8 Å². The van der Waals surface area contributed by atoms with E-state index in [1.807, 2.05) is 6.01 Å². The zero-order valence-electron chi connectivity index (χ0n) is 6.15. The van der Waals surface area contributed by atoms with Gasteiger partial charge in [0.25, 0.3) is 0 Å². The van der Waals surface area contributed by atoms with E-state index >= 15 is 0 Å². The number of aliphatic imine (C=N–C) groups is 1. The van der Waals surface area contributed by atoms with E-state index in [-0.39, 0.29) is 0 Å². The first-order valence-corrected chi connectivity index (χ1v) is 3.39. The van der Waals surface area contributed by atoms with Gasteiger partial charge in [0.1, 0.15) is 0 Å². The van der Waals surface area contributed by atoms with Gasteiger partial charge in [-0.15, -0.1) is 0 Å². The lowest BCUT2D eigenvalue weighted by atomic mass is 10.1. The second-order valence-electron chi connectivity index (χ2n) is 2.35. The molecule has 0 rings (SSSR count). The molecule has 0 bridgehead atoms. The Bertz CT molecular complexity index is 103. The van der Waals surface area contributed by atoms with Crippen LogP contribution in [0.4, 0.5) is 0 Å². The van der Waals surface area contributed by atoms with Crippen molar-refractivity contribution in [2.24, 2.45) is 10.9 Å². The highest BCUT2D eigenvalue weighted by Crippen LogP contribution is 2.03. The van der Waals surface area contributed by atoms with Gasteiger partial charge in [0, 0.05) is 0 Å². The molecule has 1 atom stereocenters. The maximum absolute atomic E-state index is 6.51. The molecule has 1 unspecified atom stereocenters. The van der Waals surface area contributed by atoms with Crippen molar-refractivity contribution in [2.45, 2.75) is 26.7 Å². The average molecular weight is 126 g/mol. The van der Waals surface area contributed by atoms with Crippen molar-refractivity contribution >= 4 is 6.01 Å². The van der Waals surface area contributed by atoms with Crippen LogP contribution in [0.3, 0.4) is 0 Å². The highest BCUT2D eigenvalue weighted by molar-refractivity contribution is 5.35. The van der Waals surface area contributed by atoms with Gasteiger partial charge in [-0.2, -0.15) is 0 Å². The monoisotopic (exact) mass is 126 g/mol. The molecule has 0 amide bonds. The molecule has 0 aliphatic carbocycles. The van der Waals surface area contributed by atoms with Crippen LogP contribution < -0.4 is 0 Å². The summed E-state index contributed by atoms with van der Waals surface area (Å²) in [7, 11) is 0. The topological polar surface area (TPSA) is 36.2 Å². The largest absolute Gasteiger partial charge is 0.242 e. The Kier molecular flexibility index (Phi) is 5.14. The second kappa shape index (κ2) is 5.52. The Labute approximate surface area is 56.5 Å². The molecule has 0 radical (unpaired) electrons. The van der Waals surface area contributed by atoms with Crippen molar-refractivity contribution in [3.8, 4) is 0 Å². The van der Waals surface area contributed by atoms with Crippen LogP contribution in [0, 0.1) is 11.3 Å². The van der Waals surface area contributed by atoms with E-state index < -0.39 is 0 Å². The zero-order chi connectivity index (χ0) is 7.11. The third-order valence-electron chi connectivity index (χ3n) is 1.26. The molecule has 2 nitrogen and oxygen atoms in total. The molecule has 2 heteroatoms. The minimum absolute atomic E-state index is 0.618. The Morgan fingerprint density at radius 3 is 2.78 bits per heavy atom. The summed E-state index contributed by atoms with van der Waals surface area (Å²) in [5, 5.41) is 6.51. The van der Waals surface area contributed by atoms with Crippen LogP contribution in [0.2, 0.25) is 0 Å². The standard InChI is InChI=1S/C7H14N2/c1-3-4-7(2)5-9-6-8/h7-8H,3-5H2,1-2H3. The van der Waals surface area contributed by atoms with Crippen LogP contribution in [0.5, 0.6) is 0 Å². The SMILES string of the molecule is CCCC(C)CN=C=N. The van der Waals surface area contributed by atoms with E-state index in [4.69, 9.17) is 5.41 Å². The number of hydrogen-bond acceptors (Lipinski definition) is 2. The zero-order valence-corrected chi connectivity index (χ0v) is 6.15. The number of nitrogens with one attached hydrogen (secondary N) is 1. The fraction of sp³-hybridized carbons (Fsp3) is 0.857. The highest BCUT2D eigenvalue weighted by atomic mass is 14.7. The predicted molar refractivity (Wildman–Crippen MR) is 39.1 cm³/mol. The third-order valence-corrected chi connectivity index (χ3v) is 1.26. The van der Waals surface area contributed by atoms with Crippen molar-refractivity contribution < 1.29 is 0 Å². The fourth-order valence-electron chi connectivity index (χ4n) is 0.786. The minimum atomic E-state index is 0.618. The molecule has 0 heterocycles. The van der Waals surface area contributed by atoms with Crippen LogP contribution in [0.15, 0.2) is 4.99 Å². The van der Waals surface area contributed by atoms with E-state index in [9.17, 15) is 0 Å².